The number of rotatable bonds is 7. The number of fused-ring (bicyclic) bond motifs is 1. The van der Waals surface area contributed by atoms with Crippen LogP contribution in [0.2, 0.25) is 0 Å². The fourth-order valence-corrected chi connectivity index (χ4v) is 3.73. The van der Waals surface area contributed by atoms with E-state index in [1.807, 2.05) is 37.3 Å². The normalized spacial score (nSPS) is 11.7. The summed E-state index contributed by atoms with van der Waals surface area (Å²) in [5.74, 6) is 1.43. The van der Waals surface area contributed by atoms with E-state index in [1.165, 1.54) is 11.3 Å². The average molecular weight is 400 g/mol. The van der Waals surface area contributed by atoms with Crippen molar-refractivity contribution in [2.45, 2.75) is 6.92 Å². The minimum Gasteiger partial charge on any atom is -0.493 e. The largest absolute Gasteiger partial charge is 0.493 e. The van der Waals surface area contributed by atoms with E-state index in [1.54, 1.807) is 14.2 Å². The van der Waals surface area contributed by atoms with Gasteiger partial charge in [0.1, 0.15) is 0 Å². The van der Waals surface area contributed by atoms with Gasteiger partial charge in [0.2, 0.25) is 0 Å². The van der Waals surface area contributed by atoms with Crippen LogP contribution in [0.1, 0.15) is 12.5 Å². The predicted molar refractivity (Wildman–Crippen MR) is 130 cm³/mol. The number of hydrogen-bond acceptors (Lipinski definition) is 3. The van der Waals surface area contributed by atoms with Crippen molar-refractivity contribution >= 4 is 22.0 Å². The summed E-state index contributed by atoms with van der Waals surface area (Å²) in [7, 11) is 7.46. The van der Waals surface area contributed by atoms with Crippen molar-refractivity contribution in [2.24, 2.45) is 0 Å². The summed E-state index contributed by atoms with van der Waals surface area (Å²) >= 11 is 0. The third-order valence-corrected chi connectivity index (χ3v) is 5.11. The van der Waals surface area contributed by atoms with E-state index in [-0.39, 0.29) is 0 Å². The molecule has 3 heteroatoms. The third-order valence-electron chi connectivity index (χ3n) is 5.11. The third kappa shape index (κ3) is 4.11. The highest BCUT2D eigenvalue weighted by atomic mass is 16.5. The summed E-state index contributed by atoms with van der Waals surface area (Å²) in [5.41, 5.74) is 5.71. The molecular weight excluding hydrogens is 370 g/mol. The highest BCUT2D eigenvalue weighted by molar-refractivity contribution is 6.01. The van der Waals surface area contributed by atoms with Gasteiger partial charge < -0.3 is 14.4 Å². The van der Waals surface area contributed by atoms with Crippen molar-refractivity contribution in [1.29, 1.82) is 0 Å². The quantitative estimate of drug-likeness (QED) is 0.411. The Labute approximate surface area is 179 Å². The molecule has 0 N–H and O–H groups in total. The number of para-hydroxylation sites is 1. The van der Waals surface area contributed by atoms with Crippen molar-refractivity contribution in [3.63, 3.8) is 0 Å². The van der Waals surface area contributed by atoms with E-state index in [4.69, 9.17) is 9.47 Å². The van der Waals surface area contributed by atoms with Crippen LogP contribution in [0.4, 0.5) is 5.69 Å². The lowest BCUT2D eigenvalue weighted by molar-refractivity contribution is 0.356. The van der Waals surface area contributed by atoms with Gasteiger partial charge >= 0.3 is 0 Å². The van der Waals surface area contributed by atoms with Gasteiger partial charge in [-0.1, -0.05) is 49.1 Å². The number of hydrogen-bond donors (Lipinski definition) is 0. The molecule has 3 aromatic carbocycles. The molecule has 3 nitrogen and oxygen atoms in total. The zero-order chi connectivity index (χ0) is 21.7. The monoisotopic (exact) mass is 399 g/mol. The van der Waals surface area contributed by atoms with E-state index in [0.29, 0.717) is 11.5 Å². The molecule has 0 unspecified atom stereocenters. The Morgan fingerprint density at radius 3 is 2.30 bits per heavy atom. The molecule has 154 valence electrons. The minimum absolute atomic E-state index is 0.714. The van der Waals surface area contributed by atoms with Crippen molar-refractivity contribution < 1.29 is 9.47 Å². The second-order valence-electron chi connectivity index (χ2n) is 7.22. The van der Waals surface area contributed by atoms with Gasteiger partial charge in [0.05, 0.1) is 14.2 Å². The van der Waals surface area contributed by atoms with Gasteiger partial charge in [-0.3, -0.25) is 0 Å². The Bertz CT molecular complexity index is 1120. The Balaban J connectivity index is 2.42. The average Bonchev–Trinajstić information content (AvgIpc) is 2.77. The van der Waals surface area contributed by atoms with E-state index in [9.17, 15) is 0 Å². The van der Waals surface area contributed by atoms with Crippen LogP contribution < -0.4 is 14.4 Å². The molecule has 30 heavy (non-hydrogen) atoms. The number of allylic oxidation sites excluding steroid dienone is 5. The zero-order valence-electron chi connectivity index (χ0n) is 18.4. The first-order chi connectivity index (χ1) is 14.5. The van der Waals surface area contributed by atoms with Crippen molar-refractivity contribution in [3.05, 3.63) is 85.0 Å². The number of anilines is 1. The summed E-state index contributed by atoms with van der Waals surface area (Å²) in [6.45, 7) is 5.93. The molecular formula is C27H29NO2. The molecule has 0 aliphatic carbocycles. The second kappa shape index (κ2) is 9.36. The van der Waals surface area contributed by atoms with E-state index in [0.717, 1.165) is 27.5 Å². The van der Waals surface area contributed by atoms with E-state index >= 15 is 0 Å². The van der Waals surface area contributed by atoms with Gasteiger partial charge in [-0.05, 0) is 64.7 Å². The maximum absolute atomic E-state index is 5.58. The molecule has 0 aromatic heterocycles. The van der Waals surface area contributed by atoms with Crippen LogP contribution in [0.15, 0.2) is 79.4 Å². The lowest BCUT2D eigenvalue weighted by Gasteiger charge is -2.20. The summed E-state index contributed by atoms with van der Waals surface area (Å²) in [4.78, 5) is 2.14. The lowest BCUT2D eigenvalue weighted by Crippen LogP contribution is -2.09. The van der Waals surface area contributed by atoms with Crippen molar-refractivity contribution in [3.8, 4) is 22.6 Å². The van der Waals surface area contributed by atoms with Gasteiger partial charge in [-0.2, -0.15) is 0 Å². The summed E-state index contributed by atoms with van der Waals surface area (Å²) in [6.07, 6.45) is 8.01. The van der Waals surface area contributed by atoms with Crippen molar-refractivity contribution in [1.82, 2.24) is 0 Å². The van der Waals surface area contributed by atoms with Crippen LogP contribution in [0, 0.1) is 0 Å². The molecule has 3 rings (SSSR count). The Kier molecular flexibility index (Phi) is 6.63. The fraction of sp³-hybridized carbons (Fsp3) is 0.185. The molecule has 0 spiro atoms. The SMILES string of the molecule is C=C/C=C(\C=C/C)c1cc(-c2ccccc2N(C)C)cc2cc(OC)c(OC)cc12. The molecule has 0 saturated heterocycles. The first-order valence-electron chi connectivity index (χ1n) is 9.96. The van der Waals surface area contributed by atoms with E-state index < -0.39 is 0 Å². The molecule has 0 bridgehead atoms. The molecule has 0 aliphatic rings. The van der Waals surface area contributed by atoms with Gasteiger partial charge in [0.25, 0.3) is 0 Å². The maximum Gasteiger partial charge on any atom is 0.161 e. The van der Waals surface area contributed by atoms with Crippen LogP contribution in [0.3, 0.4) is 0 Å². The van der Waals surface area contributed by atoms with Crippen LogP contribution in [0.5, 0.6) is 11.5 Å². The van der Waals surface area contributed by atoms with Gasteiger partial charge in [-0.25, -0.2) is 0 Å². The number of benzene rings is 3. The van der Waals surface area contributed by atoms with Gasteiger partial charge in [0, 0.05) is 25.3 Å². The summed E-state index contributed by atoms with van der Waals surface area (Å²) in [6, 6.07) is 17.0. The Morgan fingerprint density at radius 1 is 0.967 bits per heavy atom. The molecule has 3 aromatic rings. The smallest absolute Gasteiger partial charge is 0.161 e. The van der Waals surface area contributed by atoms with Crippen LogP contribution in [0.25, 0.3) is 27.5 Å². The predicted octanol–water partition coefficient (Wildman–Crippen LogP) is 6.74. The molecule has 0 saturated carbocycles. The van der Waals surface area contributed by atoms with E-state index in [2.05, 4.69) is 68.0 Å². The molecule has 0 amide bonds. The summed E-state index contributed by atoms with van der Waals surface area (Å²) < 4.78 is 11.1. The topological polar surface area (TPSA) is 21.7 Å². The first-order valence-corrected chi connectivity index (χ1v) is 9.96. The standard InChI is InChI=1S/C27H29NO2/c1-7-11-19(12-8-2)23-16-20(22-13-9-10-14-25(22)28(3)4)15-21-17-26(29-5)27(30-6)18-24(21)23/h7-18H,1H2,2-6H3/b12-8-,19-11+. The minimum atomic E-state index is 0.714. The maximum atomic E-state index is 5.58. The first kappa shape index (κ1) is 21.3. The van der Waals surface area contributed by atoms with Crippen LogP contribution >= 0.6 is 0 Å². The Morgan fingerprint density at radius 2 is 1.67 bits per heavy atom. The Hall–Kier alpha value is -3.46. The number of methoxy groups -OCH3 is 2. The highest BCUT2D eigenvalue weighted by Crippen LogP contribution is 2.40. The molecule has 0 aliphatic heterocycles. The molecule has 0 fully saturated rings. The van der Waals surface area contributed by atoms with Crippen LogP contribution in [-0.4, -0.2) is 28.3 Å². The fourth-order valence-electron chi connectivity index (χ4n) is 3.73. The zero-order valence-corrected chi connectivity index (χ0v) is 18.4. The summed E-state index contributed by atoms with van der Waals surface area (Å²) in [5, 5.41) is 2.19. The number of ether oxygens (including phenoxy) is 2. The van der Waals surface area contributed by atoms with Gasteiger partial charge in [0.15, 0.2) is 11.5 Å². The highest BCUT2D eigenvalue weighted by Gasteiger charge is 2.15. The lowest BCUT2D eigenvalue weighted by atomic mass is 9.91. The number of nitrogens with zero attached hydrogens (tertiary/aromatic N) is 1. The molecule has 0 heterocycles. The molecule has 0 radical (unpaired) electrons. The molecule has 0 atom stereocenters. The van der Waals surface area contributed by atoms with Crippen molar-refractivity contribution in [2.75, 3.05) is 33.2 Å². The van der Waals surface area contributed by atoms with Gasteiger partial charge in [-0.15, -0.1) is 0 Å². The second-order valence-corrected chi connectivity index (χ2v) is 7.22. The van der Waals surface area contributed by atoms with Crippen LogP contribution in [-0.2, 0) is 0 Å².